The van der Waals surface area contributed by atoms with Crippen molar-refractivity contribution < 1.29 is 31.5 Å². The number of furan rings is 1. The Morgan fingerprint density at radius 3 is 2.67 bits per heavy atom. The van der Waals surface area contributed by atoms with Gasteiger partial charge in [-0.15, -0.1) is 0 Å². The zero-order valence-corrected chi connectivity index (χ0v) is 18.4. The first-order chi connectivity index (χ1) is 16.0. The van der Waals surface area contributed by atoms with E-state index < -0.39 is 9.84 Å². The Kier molecular flexibility index (Phi) is 5.43. The van der Waals surface area contributed by atoms with Crippen LogP contribution in [-0.2, 0) is 16.4 Å². The molecule has 5 rings (SSSR count). The Labute approximate surface area is 189 Å². The molecule has 0 spiro atoms. The molecule has 0 amide bonds. The monoisotopic (exact) mass is 468 g/mol. The van der Waals surface area contributed by atoms with Crippen LogP contribution in [0, 0.1) is 0 Å². The highest BCUT2D eigenvalue weighted by Gasteiger charge is 2.30. The first kappa shape index (κ1) is 21.0. The van der Waals surface area contributed by atoms with Gasteiger partial charge in [0.2, 0.25) is 26.6 Å². The van der Waals surface area contributed by atoms with Gasteiger partial charge in [-0.1, -0.05) is 6.07 Å². The van der Waals surface area contributed by atoms with Gasteiger partial charge in [0.1, 0.15) is 24.7 Å². The normalized spacial score (nSPS) is 13.0. The summed E-state index contributed by atoms with van der Waals surface area (Å²) in [5.41, 5.74) is 0.569. The molecule has 0 aliphatic carbocycles. The molecule has 0 atom stereocenters. The minimum atomic E-state index is -4.06. The van der Waals surface area contributed by atoms with Crippen molar-refractivity contribution in [2.45, 2.75) is 16.5 Å². The predicted octanol–water partition coefficient (Wildman–Crippen LogP) is 4.16. The highest BCUT2D eigenvalue weighted by molar-refractivity contribution is 7.91. The average Bonchev–Trinajstić information content (AvgIpc) is 3.53. The molecular weight excluding hydrogens is 448 g/mol. The fourth-order valence-electron chi connectivity index (χ4n) is 3.36. The topological polar surface area (TPSA) is 113 Å². The van der Waals surface area contributed by atoms with E-state index in [1.54, 1.807) is 49.6 Å². The number of benzene rings is 2. The summed E-state index contributed by atoms with van der Waals surface area (Å²) >= 11 is 0. The molecule has 1 aliphatic heterocycles. The Balaban J connectivity index is 1.57. The van der Waals surface area contributed by atoms with Gasteiger partial charge in [0.05, 0.1) is 24.8 Å². The number of oxazole rings is 1. The van der Waals surface area contributed by atoms with E-state index in [4.69, 9.17) is 23.0 Å². The van der Waals surface area contributed by atoms with Crippen LogP contribution in [0.5, 0.6) is 17.2 Å². The van der Waals surface area contributed by atoms with Gasteiger partial charge in [-0.3, -0.25) is 0 Å². The summed E-state index contributed by atoms with van der Waals surface area (Å²) in [7, 11) is -2.52. The fraction of sp³-hybridized carbons (Fsp3) is 0.174. The van der Waals surface area contributed by atoms with Crippen molar-refractivity contribution >= 4 is 15.7 Å². The molecule has 33 heavy (non-hydrogen) atoms. The summed E-state index contributed by atoms with van der Waals surface area (Å²) in [4.78, 5) is 4.35. The molecule has 4 aromatic rings. The second-order valence-corrected chi connectivity index (χ2v) is 8.99. The zero-order chi connectivity index (χ0) is 22.8. The van der Waals surface area contributed by atoms with E-state index in [0.717, 1.165) is 0 Å². The number of sulfone groups is 1. The standard InChI is InChI=1S/C23H20N2O7S/c1-28-16-5-2-4-15(12-16)21-25-23(22(32-21)24-14-17-6-3-9-29-17)33(26,27)18-7-8-19-20(13-18)31-11-10-30-19/h2-9,12-13,24H,10-11,14H2,1H3. The Morgan fingerprint density at radius 2 is 1.88 bits per heavy atom. The number of hydrogen-bond acceptors (Lipinski definition) is 9. The van der Waals surface area contributed by atoms with Crippen LogP contribution in [0.4, 0.5) is 5.88 Å². The van der Waals surface area contributed by atoms with Gasteiger partial charge in [0.25, 0.3) is 0 Å². The Bertz CT molecular complexity index is 1380. The van der Waals surface area contributed by atoms with Crippen molar-refractivity contribution in [3.05, 3.63) is 66.6 Å². The molecule has 0 fully saturated rings. The molecule has 2 aromatic carbocycles. The van der Waals surface area contributed by atoms with E-state index in [1.165, 1.54) is 18.4 Å². The number of methoxy groups -OCH3 is 1. The summed E-state index contributed by atoms with van der Waals surface area (Å²) in [6.45, 7) is 0.965. The molecule has 1 N–H and O–H groups in total. The van der Waals surface area contributed by atoms with E-state index in [1.807, 2.05) is 0 Å². The maximum Gasteiger partial charge on any atom is 0.234 e. The molecule has 0 saturated heterocycles. The van der Waals surface area contributed by atoms with Gasteiger partial charge in [0, 0.05) is 11.6 Å². The highest BCUT2D eigenvalue weighted by Crippen LogP contribution is 2.37. The molecule has 2 aromatic heterocycles. The van der Waals surface area contributed by atoms with Crippen molar-refractivity contribution in [3.8, 4) is 28.7 Å². The summed E-state index contributed by atoms with van der Waals surface area (Å²) < 4.78 is 54.6. The van der Waals surface area contributed by atoms with E-state index >= 15 is 0 Å². The minimum Gasteiger partial charge on any atom is -0.497 e. The maximum atomic E-state index is 13.6. The fourth-order valence-corrected chi connectivity index (χ4v) is 4.66. The number of ether oxygens (including phenoxy) is 3. The van der Waals surface area contributed by atoms with Crippen LogP contribution in [0.25, 0.3) is 11.5 Å². The van der Waals surface area contributed by atoms with Gasteiger partial charge < -0.3 is 28.4 Å². The average molecular weight is 468 g/mol. The third-order valence-electron chi connectivity index (χ3n) is 4.99. The van der Waals surface area contributed by atoms with Gasteiger partial charge in [-0.25, -0.2) is 8.42 Å². The molecule has 9 nitrogen and oxygen atoms in total. The first-order valence-electron chi connectivity index (χ1n) is 10.1. The molecule has 170 valence electrons. The van der Waals surface area contributed by atoms with Gasteiger partial charge >= 0.3 is 0 Å². The van der Waals surface area contributed by atoms with Crippen LogP contribution < -0.4 is 19.5 Å². The van der Waals surface area contributed by atoms with Crippen LogP contribution in [0.1, 0.15) is 5.76 Å². The molecule has 1 aliphatic rings. The van der Waals surface area contributed by atoms with Crippen LogP contribution in [0.3, 0.4) is 0 Å². The molecule has 0 unspecified atom stereocenters. The van der Waals surface area contributed by atoms with Crippen molar-refractivity contribution in [2.75, 3.05) is 25.6 Å². The van der Waals surface area contributed by atoms with Gasteiger partial charge in [-0.05, 0) is 42.5 Å². The first-order valence-corrected chi connectivity index (χ1v) is 11.6. The minimum absolute atomic E-state index is 0.000825. The number of hydrogen-bond donors (Lipinski definition) is 1. The third kappa shape index (κ3) is 4.12. The van der Waals surface area contributed by atoms with Crippen LogP contribution >= 0.6 is 0 Å². The summed E-state index contributed by atoms with van der Waals surface area (Å²) in [6.07, 6.45) is 1.53. The summed E-state index contributed by atoms with van der Waals surface area (Å²) in [5, 5.41) is 2.74. The molecular formula is C23H20N2O7S. The molecule has 3 heterocycles. The second kappa shape index (κ2) is 8.55. The molecule has 0 radical (unpaired) electrons. The molecule has 0 saturated carbocycles. The number of nitrogens with one attached hydrogen (secondary N) is 1. The Morgan fingerprint density at radius 1 is 1.03 bits per heavy atom. The predicted molar refractivity (Wildman–Crippen MR) is 117 cm³/mol. The summed E-state index contributed by atoms with van der Waals surface area (Å²) in [5.74, 6) is 2.19. The number of rotatable bonds is 7. The number of anilines is 1. The number of fused-ring (bicyclic) bond motifs is 1. The number of nitrogens with zero attached hydrogens (tertiary/aromatic N) is 1. The quantitative estimate of drug-likeness (QED) is 0.427. The van der Waals surface area contributed by atoms with Crippen molar-refractivity contribution in [1.82, 2.24) is 4.98 Å². The molecule has 10 heteroatoms. The lowest BCUT2D eigenvalue weighted by atomic mass is 10.2. The lowest BCUT2D eigenvalue weighted by Crippen LogP contribution is -2.16. The van der Waals surface area contributed by atoms with Crippen LogP contribution in [0.2, 0.25) is 0 Å². The van der Waals surface area contributed by atoms with E-state index in [9.17, 15) is 8.42 Å². The zero-order valence-electron chi connectivity index (χ0n) is 17.6. The van der Waals surface area contributed by atoms with Gasteiger partial charge in [0.15, 0.2) is 11.5 Å². The van der Waals surface area contributed by atoms with Crippen LogP contribution in [-0.4, -0.2) is 33.7 Å². The van der Waals surface area contributed by atoms with Crippen LogP contribution in [0.15, 0.2) is 79.6 Å². The van der Waals surface area contributed by atoms with Crippen molar-refractivity contribution in [2.24, 2.45) is 0 Å². The largest absolute Gasteiger partial charge is 0.497 e. The van der Waals surface area contributed by atoms with E-state index in [2.05, 4.69) is 10.3 Å². The molecule has 0 bridgehead atoms. The number of aromatic nitrogens is 1. The lowest BCUT2D eigenvalue weighted by molar-refractivity contribution is 0.171. The summed E-state index contributed by atoms with van der Waals surface area (Å²) in [6, 6.07) is 15.0. The lowest BCUT2D eigenvalue weighted by Gasteiger charge is -2.18. The van der Waals surface area contributed by atoms with Crippen molar-refractivity contribution in [3.63, 3.8) is 0 Å². The SMILES string of the molecule is COc1cccc(-c2nc(S(=O)(=O)c3ccc4c(c3)OCCO4)c(NCc3ccco3)o2)c1. The van der Waals surface area contributed by atoms with E-state index in [-0.39, 0.29) is 28.2 Å². The van der Waals surface area contributed by atoms with Crippen molar-refractivity contribution in [1.29, 1.82) is 0 Å². The second-order valence-electron chi connectivity index (χ2n) is 7.13. The Hall–Kier alpha value is -3.92. The third-order valence-corrected chi connectivity index (χ3v) is 6.65. The highest BCUT2D eigenvalue weighted by atomic mass is 32.2. The smallest absolute Gasteiger partial charge is 0.234 e. The maximum absolute atomic E-state index is 13.6. The van der Waals surface area contributed by atoms with Gasteiger partial charge in [-0.2, -0.15) is 4.98 Å². The van der Waals surface area contributed by atoms with E-state index in [0.29, 0.717) is 41.8 Å².